The summed E-state index contributed by atoms with van der Waals surface area (Å²) >= 11 is 0. The van der Waals surface area contributed by atoms with Gasteiger partial charge in [0.25, 0.3) is 5.56 Å². The lowest BCUT2D eigenvalue weighted by Crippen LogP contribution is -2.37. The summed E-state index contributed by atoms with van der Waals surface area (Å²) in [6, 6.07) is 8.50. The number of nitrogens with zero attached hydrogens (tertiary/aromatic N) is 3. The Morgan fingerprint density at radius 1 is 1.07 bits per heavy atom. The summed E-state index contributed by atoms with van der Waals surface area (Å²) in [5, 5.41) is 9.61. The van der Waals surface area contributed by atoms with E-state index in [1.807, 2.05) is 19.1 Å². The van der Waals surface area contributed by atoms with Crippen LogP contribution in [0.5, 0.6) is 0 Å². The van der Waals surface area contributed by atoms with Crippen LogP contribution in [-0.4, -0.2) is 19.2 Å². The van der Waals surface area contributed by atoms with Crippen LogP contribution < -0.4 is 16.7 Å². The fraction of sp³-hybridized carbons (Fsp3) is 0.200. The first-order valence-electron chi connectivity index (χ1n) is 8.58. The fourth-order valence-electron chi connectivity index (χ4n) is 3.29. The third-order valence-corrected chi connectivity index (χ3v) is 4.80. The van der Waals surface area contributed by atoms with Crippen molar-refractivity contribution in [2.45, 2.75) is 13.5 Å². The first kappa shape index (κ1) is 17.9. The zero-order valence-electron chi connectivity index (χ0n) is 15.5. The van der Waals surface area contributed by atoms with E-state index in [2.05, 4.69) is 4.98 Å². The maximum Gasteiger partial charge on any atom is 0.332 e. The molecule has 8 heteroatoms. The van der Waals surface area contributed by atoms with Gasteiger partial charge in [0, 0.05) is 25.7 Å². The number of rotatable bonds is 2. The van der Waals surface area contributed by atoms with Gasteiger partial charge in [-0.2, -0.15) is 0 Å². The maximum absolute atomic E-state index is 13.0. The van der Waals surface area contributed by atoms with Crippen molar-refractivity contribution in [1.29, 1.82) is 0 Å². The summed E-state index contributed by atoms with van der Waals surface area (Å²) in [4.78, 5) is 42.2. The van der Waals surface area contributed by atoms with Gasteiger partial charge in [0.2, 0.25) is 5.43 Å². The van der Waals surface area contributed by atoms with Crippen LogP contribution in [0.4, 0.5) is 0 Å². The molecule has 142 valence electrons. The molecule has 0 aliphatic carbocycles. The van der Waals surface area contributed by atoms with E-state index in [1.54, 1.807) is 12.1 Å². The average molecular weight is 379 g/mol. The van der Waals surface area contributed by atoms with Gasteiger partial charge in [0.05, 0.1) is 5.39 Å². The highest BCUT2D eigenvalue weighted by molar-refractivity contribution is 6.05. The minimum Gasteiger partial charge on any atom is -0.456 e. The molecule has 0 bridgehead atoms. The molecule has 0 aliphatic heterocycles. The van der Waals surface area contributed by atoms with E-state index in [9.17, 15) is 19.5 Å². The Labute approximate surface area is 157 Å². The number of aliphatic hydroxyl groups is 1. The van der Waals surface area contributed by atoms with Crippen LogP contribution in [0.1, 0.15) is 11.3 Å². The Bertz CT molecular complexity index is 1430. The van der Waals surface area contributed by atoms with E-state index < -0.39 is 23.3 Å². The molecule has 1 N–H and O–H groups in total. The molecule has 0 fully saturated rings. The predicted octanol–water partition coefficient (Wildman–Crippen LogP) is 1.21. The van der Waals surface area contributed by atoms with Crippen LogP contribution >= 0.6 is 0 Å². The second-order valence-corrected chi connectivity index (χ2v) is 6.67. The zero-order valence-corrected chi connectivity index (χ0v) is 15.5. The van der Waals surface area contributed by atoms with E-state index in [1.165, 1.54) is 18.7 Å². The van der Waals surface area contributed by atoms with E-state index in [4.69, 9.17) is 4.42 Å². The van der Waals surface area contributed by atoms with Gasteiger partial charge in [-0.15, -0.1) is 0 Å². The molecule has 0 saturated heterocycles. The summed E-state index contributed by atoms with van der Waals surface area (Å²) in [5.74, 6) is 0.0636. The molecule has 28 heavy (non-hydrogen) atoms. The number of hydrogen-bond donors (Lipinski definition) is 1. The van der Waals surface area contributed by atoms with Gasteiger partial charge >= 0.3 is 5.69 Å². The predicted molar refractivity (Wildman–Crippen MR) is 104 cm³/mol. The van der Waals surface area contributed by atoms with E-state index in [0.29, 0.717) is 11.1 Å². The van der Waals surface area contributed by atoms with Crippen LogP contribution in [-0.2, 0) is 20.7 Å². The van der Waals surface area contributed by atoms with E-state index in [0.717, 1.165) is 16.2 Å². The Balaban J connectivity index is 2.38. The van der Waals surface area contributed by atoms with Gasteiger partial charge in [-0.3, -0.25) is 18.7 Å². The second-order valence-electron chi connectivity index (χ2n) is 6.67. The molecule has 0 aliphatic rings. The molecule has 0 amide bonds. The molecule has 0 radical (unpaired) electrons. The summed E-state index contributed by atoms with van der Waals surface area (Å²) in [6.07, 6.45) is 0. The molecule has 0 spiro atoms. The molecular formula is C20H17N3O5. The van der Waals surface area contributed by atoms with Crippen molar-refractivity contribution < 1.29 is 9.52 Å². The van der Waals surface area contributed by atoms with Gasteiger partial charge in [0.1, 0.15) is 12.4 Å². The van der Waals surface area contributed by atoms with Crippen LogP contribution in [0.3, 0.4) is 0 Å². The van der Waals surface area contributed by atoms with Crippen molar-refractivity contribution in [3.63, 3.8) is 0 Å². The highest BCUT2D eigenvalue weighted by atomic mass is 16.4. The van der Waals surface area contributed by atoms with Gasteiger partial charge < -0.3 is 9.52 Å². The van der Waals surface area contributed by atoms with Crippen molar-refractivity contribution in [3.8, 4) is 11.1 Å². The first-order chi connectivity index (χ1) is 13.3. The lowest BCUT2D eigenvalue weighted by molar-refractivity contribution is 0.249. The molecule has 4 rings (SSSR count). The summed E-state index contributed by atoms with van der Waals surface area (Å²) in [5.41, 5.74) is 0.654. The lowest BCUT2D eigenvalue weighted by atomic mass is 10.0. The highest BCUT2D eigenvalue weighted by Crippen LogP contribution is 2.32. The van der Waals surface area contributed by atoms with Crippen LogP contribution in [0.25, 0.3) is 33.3 Å². The molecule has 1 aromatic carbocycles. The van der Waals surface area contributed by atoms with E-state index in [-0.39, 0.29) is 27.9 Å². The molecule has 0 saturated carbocycles. The van der Waals surface area contributed by atoms with Gasteiger partial charge in [-0.05, 0) is 12.5 Å². The van der Waals surface area contributed by atoms with Crippen LogP contribution in [0.2, 0.25) is 0 Å². The SMILES string of the molecule is Cc1ccc(-c2c3oc(CO)cc(=O)c3nc3c2c(=O)n(C)c(=O)n3C)cc1. The number of fused-ring (bicyclic) bond motifs is 2. The number of benzene rings is 1. The normalized spacial score (nSPS) is 11.4. The molecule has 3 heterocycles. The van der Waals surface area contributed by atoms with Crippen molar-refractivity contribution >= 4 is 22.1 Å². The number of aliphatic hydroxyl groups excluding tert-OH is 1. The van der Waals surface area contributed by atoms with Gasteiger partial charge in [-0.25, -0.2) is 9.78 Å². The fourth-order valence-corrected chi connectivity index (χ4v) is 3.29. The lowest BCUT2D eigenvalue weighted by Gasteiger charge is -2.13. The topological polar surface area (TPSA) is 107 Å². The third kappa shape index (κ3) is 2.49. The number of aryl methyl sites for hydroxylation is 2. The largest absolute Gasteiger partial charge is 0.456 e. The molecule has 4 aromatic rings. The Morgan fingerprint density at radius 2 is 1.75 bits per heavy atom. The van der Waals surface area contributed by atoms with Crippen LogP contribution in [0.15, 0.2) is 49.1 Å². The molecular weight excluding hydrogens is 362 g/mol. The smallest absolute Gasteiger partial charge is 0.332 e. The minimum atomic E-state index is -0.546. The maximum atomic E-state index is 13.0. The van der Waals surface area contributed by atoms with Gasteiger partial charge in [0.15, 0.2) is 16.7 Å². The second kappa shape index (κ2) is 6.28. The van der Waals surface area contributed by atoms with E-state index >= 15 is 0 Å². The minimum absolute atomic E-state index is 0.0106. The number of pyridine rings is 1. The van der Waals surface area contributed by atoms with Crippen molar-refractivity contribution in [2.75, 3.05) is 0 Å². The molecule has 8 nitrogen and oxygen atoms in total. The molecule has 0 atom stereocenters. The zero-order chi connectivity index (χ0) is 20.2. The van der Waals surface area contributed by atoms with Gasteiger partial charge in [-0.1, -0.05) is 29.8 Å². The quantitative estimate of drug-likeness (QED) is 0.525. The molecule has 3 aromatic heterocycles. The highest BCUT2D eigenvalue weighted by Gasteiger charge is 2.22. The first-order valence-corrected chi connectivity index (χ1v) is 8.58. The third-order valence-electron chi connectivity index (χ3n) is 4.80. The van der Waals surface area contributed by atoms with Crippen molar-refractivity contribution in [1.82, 2.24) is 14.1 Å². The summed E-state index contributed by atoms with van der Waals surface area (Å²) < 4.78 is 7.95. The monoisotopic (exact) mass is 379 g/mol. The summed E-state index contributed by atoms with van der Waals surface area (Å²) in [6.45, 7) is 1.46. The van der Waals surface area contributed by atoms with Crippen molar-refractivity contribution in [3.05, 3.63) is 72.7 Å². The van der Waals surface area contributed by atoms with Crippen LogP contribution in [0, 0.1) is 6.92 Å². The Morgan fingerprint density at radius 3 is 2.39 bits per heavy atom. The molecule has 0 unspecified atom stereocenters. The average Bonchev–Trinajstić information content (AvgIpc) is 2.70. The Kier molecular flexibility index (Phi) is 4.01. The summed E-state index contributed by atoms with van der Waals surface area (Å²) in [7, 11) is 2.87. The number of hydrogen-bond acceptors (Lipinski definition) is 6. The number of aromatic nitrogens is 3. The standard InChI is InChI=1S/C20H17N3O5/c1-10-4-6-11(7-5-10)14-15-18(22(2)20(27)23(3)19(15)26)21-16-13(25)8-12(9-24)28-17(14)16/h4-8,24H,9H2,1-3H3. The Hall–Kier alpha value is -3.52. The van der Waals surface area contributed by atoms with Crippen molar-refractivity contribution in [2.24, 2.45) is 14.1 Å².